The number of fused-ring (bicyclic) bond motifs is 1. The molecule has 0 saturated carbocycles. The predicted molar refractivity (Wildman–Crippen MR) is 90.3 cm³/mol. The summed E-state index contributed by atoms with van der Waals surface area (Å²) in [5.41, 5.74) is 1.65. The van der Waals surface area contributed by atoms with E-state index in [4.69, 9.17) is 9.47 Å². The first-order chi connectivity index (χ1) is 11.4. The number of anilines is 1. The number of cyclic esters (lactones) is 1. The van der Waals surface area contributed by atoms with E-state index >= 15 is 0 Å². The molecule has 5 heteroatoms. The number of esters is 1. The summed E-state index contributed by atoms with van der Waals surface area (Å²) in [6, 6.07) is 12.6. The summed E-state index contributed by atoms with van der Waals surface area (Å²) in [6.45, 7) is 3.58. The highest BCUT2D eigenvalue weighted by atomic mass is 16.6. The second-order valence-corrected chi connectivity index (χ2v) is 6.11. The number of ether oxygens (including phenoxy) is 2. The molecular weight excluding hydrogens is 306 g/mol. The van der Waals surface area contributed by atoms with Gasteiger partial charge in [0.05, 0.1) is 18.4 Å². The molecule has 3 rings (SSSR count). The van der Waals surface area contributed by atoms with Crippen LogP contribution in [-0.2, 0) is 16.0 Å². The molecule has 0 aliphatic carbocycles. The van der Waals surface area contributed by atoms with Crippen LogP contribution in [0.4, 0.5) is 5.69 Å². The van der Waals surface area contributed by atoms with Crippen LogP contribution in [0.15, 0.2) is 42.5 Å². The number of hydrogen-bond acceptors (Lipinski definition) is 4. The van der Waals surface area contributed by atoms with Crippen LogP contribution >= 0.6 is 0 Å². The second kappa shape index (κ2) is 6.00. The maximum Gasteiger partial charge on any atom is 0.339 e. The van der Waals surface area contributed by atoms with Crippen LogP contribution in [0.1, 0.15) is 28.4 Å². The first-order valence-corrected chi connectivity index (χ1v) is 7.70. The summed E-state index contributed by atoms with van der Waals surface area (Å²) in [5.74, 6) is -0.311. The van der Waals surface area contributed by atoms with E-state index in [2.05, 4.69) is 5.32 Å². The van der Waals surface area contributed by atoms with E-state index in [0.29, 0.717) is 23.4 Å². The van der Waals surface area contributed by atoms with Crippen LogP contribution in [0.2, 0.25) is 0 Å². The molecule has 1 atom stereocenters. The average molecular weight is 325 g/mol. The van der Waals surface area contributed by atoms with Crippen LogP contribution in [-0.4, -0.2) is 24.6 Å². The van der Waals surface area contributed by atoms with Crippen molar-refractivity contribution in [2.45, 2.75) is 25.9 Å². The molecule has 1 aliphatic rings. The van der Waals surface area contributed by atoms with Crippen LogP contribution in [0, 0.1) is 6.92 Å². The van der Waals surface area contributed by atoms with Gasteiger partial charge >= 0.3 is 5.97 Å². The van der Waals surface area contributed by atoms with Gasteiger partial charge in [0.15, 0.2) is 5.60 Å². The van der Waals surface area contributed by atoms with Gasteiger partial charge < -0.3 is 14.8 Å². The standard InChI is InChI=1S/C19H19NO4/c1-12-8-9-14-13(10-12)11-19(2,24-17(14)21)18(22)20-15-6-4-5-7-16(15)23-3/h4-10H,11H2,1-3H3,(H,20,22). The van der Waals surface area contributed by atoms with Gasteiger partial charge in [0.2, 0.25) is 0 Å². The van der Waals surface area contributed by atoms with Gasteiger partial charge in [-0.05, 0) is 37.6 Å². The summed E-state index contributed by atoms with van der Waals surface area (Å²) >= 11 is 0. The fraction of sp³-hybridized carbons (Fsp3) is 0.263. The molecule has 1 unspecified atom stereocenters. The van der Waals surface area contributed by atoms with E-state index in [1.54, 1.807) is 31.2 Å². The Morgan fingerprint density at radius 1 is 1.25 bits per heavy atom. The van der Waals surface area contributed by atoms with E-state index in [9.17, 15) is 9.59 Å². The lowest BCUT2D eigenvalue weighted by atomic mass is 9.88. The van der Waals surface area contributed by atoms with Gasteiger partial charge in [0, 0.05) is 6.42 Å². The Morgan fingerprint density at radius 3 is 2.75 bits per heavy atom. The Labute approximate surface area is 140 Å². The van der Waals surface area contributed by atoms with Crippen molar-refractivity contribution < 1.29 is 19.1 Å². The zero-order valence-corrected chi connectivity index (χ0v) is 13.9. The van der Waals surface area contributed by atoms with Gasteiger partial charge in [-0.2, -0.15) is 0 Å². The largest absolute Gasteiger partial charge is 0.495 e. The van der Waals surface area contributed by atoms with Crippen LogP contribution in [0.25, 0.3) is 0 Å². The minimum Gasteiger partial charge on any atom is -0.495 e. The Morgan fingerprint density at radius 2 is 2.00 bits per heavy atom. The zero-order valence-electron chi connectivity index (χ0n) is 13.9. The molecule has 0 bridgehead atoms. The number of aryl methyl sites for hydroxylation is 1. The smallest absolute Gasteiger partial charge is 0.339 e. The Balaban J connectivity index is 1.88. The topological polar surface area (TPSA) is 64.6 Å². The summed E-state index contributed by atoms with van der Waals surface area (Å²) < 4.78 is 10.7. The molecule has 24 heavy (non-hydrogen) atoms. The SMILES string of the molecule is COc1ccccc1NC(=O)C1(C)Cc2cc(C)ccc2C(=O)O1. The molecule has 0 spiro atoms. The number of carbonyl (C=O) groups is 2. The number of carbonyl (C=O) groups excluding carboxylic acids is 2. The normalized spacial score (nSPS) is 19.2. The molecule has 2 aromatic carbocycles. The second-order valence-electron chi connectivity index (χ2n) is 6.11. The Kier molecular flexibility index (Phi) is 4.01. The Hall–Kier alpha value is -2.82. The molecule has 0 fully saturated rings. The molecule has 0 aromatic heterocycles. The maximum absolute atomic E-state index is 12.8. The molecular formula is C19H19NO4. The number of amides is 1. The maximum atomic E-state index is 12.8. The molecule has 0 saturated heterocycles. The molecule has 1 heterocycles. The summed E-state index contributed by atoms with van der Waals surface area (Å²) in [6.07, 6.45) is 0.330. The van der Waals surface area contributed by atoms with E-state index in [1.165, 1.54) is 7.11 Å². The minimum absolute atomic E-state index is 0.330. The lowest BCUT2D eigenvalue weighted by Gasteiger charge is -2.33. The molecule has 1 aliphatic heterocycles. The van der Waals surface area contributed by atoms with E-state index in [0.717, 1.165) is 11.1 Å². The van der Waals surface area contributed by atoms with Gasteiger partial charge in [0.25, 0.3) is 5.91 Å². The monoisotopic (exact) mass is 325 g/mol. The molecule has 124 valence electrons. The molecule has 5 nitrogen and oxygen atoms in total. The number of hydrogen-bond donors (Lipinski definition) is 1. The van der Waals surface area contributed by atoms with Gasteiger partial charge in [-0.1, -0.05) is 29.8 Å². The number of nitrogens with one attached hydrogen (secondary N) is 1. The van der Waals surface area contributed by atoms with Gasteiger partial charge in [0.1, 0.15) is 5.75 Å². The average Bonchev–Trinajstić information content (AvgIpc) is 2.54. The van der Waals surface area contributed by atoms with Crippen LogP contribution in [0.5, 0.6) is 5.75 Å². The van der Waals surface area contributed by atoms with Crippen molar-refractivity contribution in [1.82, 2.24) is 0 Å². The summed E-state index contributed by atoms with van der Waals surface area (Å²) in [7, 11) is 1.53. The van der Waals surface area contributed by atoms with Crippen molar-refractivity contribution >= 4 is 17.6 Å². The minimum atomic E-state index is -1.27. The zero-order chi connectivity index (χ0) is 17.3. The van der Waals surface area contributed by atoms with Gasteiger partial charge in [-0.15, -0.1) is 0 Å². The fourth-order valence-electron chi connectivity index (χ4n) is 2.86. The van der Waals surface area contributed by atoms with Crippen molar-refractivity contribution in [3.8, 4) is 5.75 Å². The fourth-order valence-corrected chi connectivity index (χ4v) is 2.86. The molecule has 0 radical (unpaired) electrons. The summed E-state index contributed by atoms with van der Waals surface area (Å²) in [5, 5.41) is 2.80. The number of para-hydroxylation sites is 2. The van der Waals surface area contributed by atoms with Crippen LogP contribution in [0.3, 0.4) is 0 Å². The summed E-state index contributed by atoms with van der Waals surface area (Å²) in [4.78, 5) is 25.0. The predicted octanol–water partition coefficient (Wildman–Crippen LogP) is 3.11. The first-order valence-electron chi connectivity index (χ1n) is 7.70. The van der Waals surface area contributed by atoms with E-state index in [1.807, 2.05) is 25.1 Å². The highest BCUT2D eigenvalue weighted by Crippen LogP contribution is 2.31. The lowest BCUT2D eigenvalue weighted by molar-refractivity contribution is -0.134. The van der Waals surface area contributed by atoms with Gasteiger partial charge in [-0.25, -0.2) is 4.79 Å². The van der Waals surface area contributed by atoms with E-state index < -0.39 is 11.6 Å². The number of methoxy groups -OCH3 is 1. The lowest BCUT2D eigenvalue weighted by Crippen LogP contribution is -2.49. The van der Waals surface area contributed by atoms with Crippen molar-refractivity contribution in [1.29, 1.82) is 0 Å². The highest BCUT2D eigenvalue weighted by molar-refractivity contribution is 6.03. The molecule has 1 amide bonds. The van der Waals surface area contributed by atoms with Crippen molar-refractivity contribution in [3.63, 3.8) is 0 Å². The third-order valence-electron chi connectivity index (χ3n) is 4.16. The first kappa shape index (κ1) is 16.1. The highest BCUT2D eigenvalue weighted by Gasteiger charge is 2.42. The van der Waals surface area contributed by atoms with Crippen LogP contribution < -0.4 is 10.1 Å². The third kappa shape index (κ3) is 2.85. The quantitative estimate of drug-likeness (QED) is 0.881. The third-order valence-corrected chi connectivity index (χ3v) is 4.16. The van der Waals surface area contributed by atoms with Gasteiger partial charge in [-0.3, -0.25) is 4.79 Å². The molecule has 1 N–H and O–H groups in total. The van der Waals surface area contributed by atoms with Crippen molar-refractivity contribution in [2.75, 3.05) is 12.4 Å². The van der Waals surface area contributed by atoms with Crippen molar-refractivity contribution in [3.05, 3.63) is 59.2 Å². The number of benzene rings is 2. The van der Waals surface area contributed by atoms with Crippen molar-refractivity contribution in [2.24, 2.45) is 0 Å². The van der Waals surface area contributed by atoms with E-state index in [-0.39, 0.29) is 5.91 Å². The number of rotatable bonds is 3. The Bertz CT molecular complexity index is 815. The molecule has 2 aromatic rings.